The number of carbonyl (C=O) groups excluding carboxylic acids is 4. The molecule has 2 aromatic carbocycles. The lowest BCUT2D eigenvalue weighted by atomic mass is 9.87. The van der Waals surface area contributed by atoms with E-state index in [1.54, 1.807) is 74.4 Å². The van der Waals surface area contributed by atoms with Crippen LogP contribution in [-0.2, 0) is 19.4 Å². The number of aromatic amines is 1. The molecule has 24 heteroatoms. The molecule has 2 unspecified atom stereocenters. The minimum atomic E-state index is -3.86. The van der Waals surface area contributed by atoms with Gasteiger partial charge in [-0.25, -0.2) is 37.7 Å². The fourth-order valence-electron chi connectivity index (χ4n) is 9.76. The van der Waals surface area contributed by atoms with E-state index in [-0.39, 0.29) is 58.4 Å². The second kappa shape index (κ2) is 22.9. The van der Waals surface area contributed by atoms with Crippen LogP contribution in [0.15, 0.2) is 65.4 Å². The summed E-state index contributed by atoms with van der Waals surface area (Å²) in [6, 6.07) is 6.75. The van der Waals surface area contributed by atoms with Crippen LogP contribution in [0.1, 0.15) is 102 Å². The number of piperidine rings is 1. The van der Waals surface area contributed by atoms with Crippen LogP contribution in [0, 0.1) is 25.6 Å². The number of thiazole rings is 1. The Bertz CT molecular complexity index is 3240. The van der Waals surface area contributed by atoms with Gasteiger partial charge in [0.1, 0.15) is 52.0 Å². The largest absolute Gasteiger partial charge is 0.491 e. The fourth-order valence-corrected chi connectivity index (χ4v) is 12.0. The van der Waals surface area contributed by atoms with Gasteiger partial charge in [0.15, 0.2) is 15.7 Å². The van der Waals surface area contributed by atoms with E-state index >= 15 is 0 Å². The molecule has 7 heterocycles. The predicted octanol–water partition coefficient (Wildman–Crippen LogP) is 5.41. The Hall–Kier alpha value is -7.02. The summed E-state index contributed by atoms with van der Waals surface area (Å²) in [5, 5.41) is 19.3. The summed E-state index contributed by atoms with van der Waals surface area (Å²) < 4.78 is 46.7. The van der Waals surface area contributed by atoms with E-state index < -0.39 is 32.5 Å². The van der Waals surface area contributed by atoms with Gasteiger partial charge in [0.2, 0.25) is 23.5 Å². The first-order valence-corrected chi connectivity index (χ1v) is 28.2. The third-order valence-corrected chi connectivity index (χ3v) is 18.3. The highest BCUT2D eigenvalue weighted by molar-refractivity contribution is 7.92. The molecule has 0 saturated carbocycles. The van der Waals surface area contributed by atoms with E-state index in [9.17, 15) is 32.0 Å². The number of sulfone groups is 1. The number of hydrogen-bond acceptors (Lipinski definition) is 18. The monoisotopic (exact) mass is 1090 g/mol. The van der Waals surface area contributed by atoms with Crippen LogP contribution in [0.4, 0.5) is 22.0 Å². The Labute approximate surface area is 450 Å². The molecule has 0 aliphatic carbocycles. The van der Waals surface area contributed by atoms with Crippen molar-refractivity contribution in [2.45, 2.75) is 95.0 Å². The standard InChI is InChI=1S/C53H65FN14O7S2/c1-31-32(2)63-64-46(31)62-47-38-25-43(77(73,74)53(4,5)6)42(26-39(38)58-30-59-47)75-24-23-65-19-21-67(22-20-65)52-56-27-36(28-57-52)50(71)66-17-14-34(15-18-66)44(61-48(70)33(3)55-7)51(72)68-16-8-9-41(68)49-60-40(29-76-49)45(69)35-10-12-37(54)13-11-35/h10-13,25-30,33-34,41,44,55H,8-9,14-24H2,1-7H3,(H,61,70)(H2,58,59,62,63,64)/t33?,41-,44?/m0/s1. The number of aryl methyl sites for hydroxylation is 1. The zero-order valence-electron chi connectivity index (χ0n) is 44.3. The smallest absolute Gasteiger partial charge is 0.256 e. The van der Waals surface area contributed by atoms with E-state index in [1.807, 2.05) is 13.8 Å². The Morgan fingerprint density at radius 2 is 1.62 bits per heavy atom. The molecule has 3 aliphatic heterocycles. The zero-order valence-corrected chi connectivity index (χ0v) is 45.9. The lowest BCUT2D eigenvalue weighted by Crippen LogP contribution is -2.57. The first-order chi connectivity index (χ1) is 36.8. The molecule has 77 heavy (non-hydrogen) atoms. The number of fused-ring (bicyclic) bond motifs is 1. The van der Waals surface area contributed by atoms with Gasteiger partial charge in [0.25, 0.3) is 5.91 Å². The average Bonchev–Trinajstić information content (AvgIpc) is 4.24. The fraction of sp³-hybridized carbons (Fsp3) is 0.472. The molecule has 4 N–H and O–H groups in total. The molecule has 6 aromatic rings. The van der Waals surface area contributed by atoms with Gasteiger partial charge in [-0.3, -0.25) is 29.2 Å². The second-order valence-corrected chi connectivity index (χ2v) is 24.3. The molecule has 3 aliphatic rings. The second-order valence-electron chi connectivity index (χ2n) is 20.8. The molecule has 3 atom stereocenters. The average molecular weight is 1090 g/mol. The van der Waals surface area contributed by atoms with Crippen molar-refractivity contribution in [1.82, 2.24) is 60.5 Å². The third-order valence-electron chi connectivity index (χ3n) is 14.9. The topological polar surface area (TPSA) is 254 Å². The molecule has 0 spiro atoms. The number of ketones is 1. The number of amides is 3. The Kier molecular flexibility index (Phi) is 16.3. The number of likely N-dealkylation sites (tertiary alicyclic amines) is 2. The molecule has 0 bridgehead atoms. The molecular formula is C53H65FN14O7S2. The van der Waals surface area contributed by atoms with E-state index in [1.165, 1.54) is 41.9 Å². The maximum atomic E-state index is 14.6. The van der Waals surface area contributed by atoms with E-state index in [4.69, 9.17) is 4.74 Å². The number of nitrogens with zero attached hydrogens (tertiary/aromatic N) is 10. The van der Waals surface area contributed by atoms with E-state index in [2.05, 4.69) is 60.9 Å². The van der Waals surface area contributed by atoms with Crippen molar-refractivity contribution >= 4 is 73.2 Å². The molecule has 3 saturated heterocycles. The molecule has 4 aromatic heterocycles. The molecule has 0 radical (unpaired) electrons. The number of rotatable bonds is 17. The van der Waals surface area contributed by atoms with Gasteiger partial charge in [-0.15, -0.1) is 11.3 Å². The van der Waals surface area contributed by atoms with Crippen LogP contribution in [0.3, 0.4) is 0 Å². The Morgan fingerprint density at radius 1 is 0.909 bits per heavy atom. The van der Waals surface area contributed by atoms with Gasteiger partial charge in [-0.05, 0) is 111 Å². The summed E-state index contributed by atoms with van der Waals surface area (Å²) in [6.07, 6.45) is 6.81. The molecule has 3 fully saturated rings. The highest BCUT2D eigenvalue weighted by Gasteiger charge is 2.42. The number of nitrogens with one attached hydrogen (secondary N) is 4. The van der Waals surface area contributed by atoms with Crippen LogP contribution in [0.25, 0.3) is 10.9 Å². The van der Waals surface area contributed by atoms with Gasteiger partial charge >= 0.3 is 0 Å². The third kappa shape index (κ3) is 11.8. The molecule has 408 valence electrons. The van der Waals surface area contributed by atoms with Crippen LogP contribution in [0.5, 0.6) is 5.75 Å². The van der Waals surface area contributed by atoms with Gasteiger partial charge in [0, 0.05) is 98.4 Å². The first-order valence-electron chi connectivity index (χ1n) is 25.9. The summed E-state index contributed by atoms with van der Waals surface area (Å²) in [5.74, 6) is -0.0842. The summed E-state index contributed by atoms with van der Waals surface area (Å²) in [5.41, 5.74) is 3.21. The van der Waals surface area contributed by atoms with Gasteiger partial charge in [0.05, 0.1) is 27.9 Å². The Morgan fingerprint density at radius 3 is 2.29 bits per heavy atom. The van der Waals surface area contributed by atoms with Crippen molar-refractivity contribution in [3.05, 3.63) is 99.4 Å². The Balaban J connectivity index is 0.787. The van der Waals surface area contributed by atoms with Gasteiger partial charge < -0.3 is 35.4 Å². The maximum absolute atomic E-state index is 14.6. The number of carbonyl (C=O) groups is 4. The normalized spacial score (nSPS) is 17.6. The number of anilines is 3. The number of hydrogen-bond donors (Lipinski definition) is 4. The first kappa shape index (κ1) is 54.8. The number of likely N-dealkylation sites (N-methyl/N-ethyl adjacent to an activating group) is 1. The van der Waals surface area contributed by atoms with Crippen molar-refractivity contribution < 1.29 is 36.7 Å². The lowest BCUT2D eigenvalue weighted by Gasteiger charge is -2.38. The van der Waals surface area contributed by atoms with Crippen molar-refractivity contribution in [2.75, 3.05) is 76.2 Å². The molecule has 9 rings (SSSR count). The molecular weight excluding hydrogens is 1030 g/mol. The summed E-state index contributed by atoms with van der Waals surface area (Å²) in [4.78, 5) is 85.5. The molecule has 21 nitrogen and oxygen atoms in total. The number of piperazine rings is 1. The van der Waals surface area contributed by atoms with Crippen LogP contribution >= 0.6 is 11.3 Å². The summed E-state index contributed by atoms with van der Waals surface area (Å²) >= 11 is 1.30. The van der Waals surface area contributed by atoms with Gasteiger partial charge in [-0.1, -0.05) is 0 Å². The van der Waals surface area contributed by atoms with Crippen molar-refractivity contribution in [3.63, 3.8) is 0 Å². The molecule has 3 amide bonds. The maximum Gasteiger partial charge on any atom is 0.256 e. The highest BCUT2D eigenvalue weighted by Crippen LogP contribution is 2.39. The lowest BCUT2D eigenvalue weighted by molar-refractivity contribution is -0.139. The zero-order chi connectivity index (χ0) is 54.8. The van der Waals surface area contributed by atoms with Crippen molar-refractivity contribution in [2.24, 2.45) is 5.92 Å². The highest BCUT2D eigenvalue weighted by atomic mass is 32.2. The van der Waals surface area contributed by atoms with E-state index in [0.29, 0.717) is 116 Å². The minimum absolute atomic E-state index is 0.0531. The van der Waals surface area contributed by atoms with E-state index in [0.717, 1.165) is 17.7 Å². The number of aromatic nitrogens is 7. The van der Waals surface area contributed by atoms with Crippen LogP contribution in [-0.4, -0.2) is 165 Å². The van der Waals surface area contributed by atoms with Crippen LogP contribution in [0.2, 0.25) is 0 Å². The minimum Gasteiger partial charge on any atom is -0.491 e. The predicted molar refractivity (Wildman–Crippen MR) is 289 cm³/mol. The quantitative estimate of drug-likeness (QED) is 0.0833. The summed E-state index contributed by atoms with van der Waals surface area (Å²) in [7, 11) is -2.19. The number of halogens is 1. The van der Waals surface area contributed by atoms with Crippen molar-refractivity contribution in [1.29, 1.82) is 0 Å². The van der Waals surface area contributed by atoms with Gasteiger partial charge in [-0.2, -0.15) is 5.10 Å². The summed E-state index contributed by atoms with van der Waals surface area (Å²) in [6.45, 7) is 15.0. The number of H-pyrrole nitrogens is 1. The van der Waals surface area contributed by atoms with Crippen LogP contribution < -0.4 is 25.6 Å². The SMILES string of the molecule is CNC(C)C(=O)NC(C(=O)N1CCC[C@H]1c1nc(C(=O)c2ccc(F)cc2)cs1)C1CCN(C(=O)c2cnc(N3CCN(CCOc4cc5ncnc(Nc6n[nH]c(C)c6C)c5cc4S(=O)(=O)C(C)(C)C)CC3)nc2)CC1. The number of benzene rings is 2. The van der Waals surface area contributed by atoms with Crippen molar-refractivity contribution in [3.8, 4) is 5.75 Å². The number of ether oxygens (including phenoxy) is 1.